The number of rotatable bonds is 5. The fourth-order valence-electron chi connectivity index (χ4n) is 1.87. The zero-order valence-corrected chi connectivity index (χ0v) is 13.8. The quantitative estimate of drug-likeness (QED) is 0.604. The van der Waals surface area contributed by atoms with Gasteiger partial charge in [-0.2, -0.15) is 5.10 Å². The Bertz CT molecular complexity index is 523. The molecule has 3 N–H and O–H groups in total. The van der Waals surface area contributed by atoms with E-state index < -0.39 is 0 Å². The zero-order valence-electron chi connectivity index (χ0n) is 9.86. The maximum absolute atomic E-state index is 5.72. The number of nitrogens with zero attached hydrogens (tertiary/aromatic N) is 2. The summed E-state index contributed by atoms with van der Waals surface area (Å²) in [7, 11) is 0. The maximum atomic E-state index is 5.72. The Labute approximate surface area is 127 Å². The van der Waals surface area contributed by atoms with E-state index in [2.05, 4.69) is 55.4 Å². The molecule has 1 atom stereocenters. The number of nitrogens with two attached hydrogens (primary N) is 1. The molecule has 0 spiro atoms. The van der Waals surface area contributed by atoms with Gasteiger partial charge in [-0.05, 0) is 50.4 Å². The van der Waals surface area contributed by atoms with Crippen molar-refractivity contribution in [3.05, 3.63) is 37.2 Å². The van der Waals surface area contributed by atoms with Crippen LogP contribution in [-0.2, 0) is 6.54 Å². The first-order valence-corrected chi connectivity index (χ1v) is 8.00. The Balaban J connectivity index is 2.39. The van der Waals surface area contributed by atoms with Crippen LogP contribution in [0.4, 0.5) is 0 Å². The molecule has 0 aliphatic heterocycles. The van der Waals surface area contributed by atoms with Gasteiger partial charge in [0.1, 0.15) is 0 Å². The van der Waals surface area contributed by atoms with Crippen LogP contribution in [0.15, 0.2) is 25.9 Å². The van der Waals surface area contributed by atoms with Gasteiger partial charge in [0, 0.05) is 18.3 Å². The maximum Gasteiger partial charge on any atom is 0.0897 e. The van der Waals surface area contributed by atoms with E-state index in [4.69, 9.17) is 5.84 Å². The van der Waals surface area contributed by atoms with E-state index >= 15 is 0 Å². The minimum absolute atomic E-state index is 0.0593. The molecule has 18 heavy (non-hydrogen) atoms. The Hall–Kier alpha value is -0.210. The van der Waals surface area contributed by atoms with Crippen molar-refractivity contribution in [1.29, 1.82) is 0 Å². The molecule has 0 aliphatic rings. The average Bonchev–Trinajstić information content (AvgIpc) is 2.89. The third kappa shape index (κ3) is 2.85. The summed E-state index contributed by atoms with van der Waals surface area (Å²) in [5.74, 6) is 5.72. The van der Waals surface area contributed by atoms with Crippen LogP contribution in [-0.4, -0.2) is 9.78 Å². The van der Waals surface area contributed by atoms with Gasteiger partial charge in [0.2, 0.25) is 0 Å². The molecule has 7 heteroatoms. The summed E-state index contributed by atoms with van der Waals surface area (Å²) in [5.41, 5.74) is 5.06. The third-order valence-electron chi connectivity index (χ3n) is 2.64. The molecule has 2 rings (SSSR count). The summed E-state index contributed by atoms with van der Waals surface area (Å²) in [6.07, 6.45) is 2.85. The van der Waals surface area contributed by atoms with Crippen molar-refractivity contribution in [2.24, 2.45) is 5.84 Å². The molecule has 0 aromatic carbocycles. The largest absolute Gasteiger partial charge is 0.271 e. The van der Waals surface area contributed by atoms with Crippen molar-refractivity contribution in [2.75, 3.05) is 0 Å². The van der Waals surface area contributed by atoms with Crippen molar-refractivity contribution < 1.29 is 0 Å². The van der Waals surface area contributed by atoms with Crippen LogP contribution in [0.5, 0.6) is 0 Å². The molecule has 2 aromatic heterocycles. The van der Waals surface area contributed by atoms with Crippen LogP contribution in [0.2, 0.25) is 0 Å². The van der Waals surface area contributed by atoms with Crippen LogP contribution in [0.1, 0.15) is 30.6 Å². The van der Waals surface area contributed by atoms with Gasteiger partial charge in [-0.3, -0.25) is 10.5 Å². The van der Waals surface area contributed by atoms with E-state index in [1.807, 2.05) is 16.9 Å². The third-order valence-corrected chi connectivity index (χ3v) is 5.03. The molecule has 0 bridgehead atoms. The second kappa shape index (κ2) is 6.29. The summed E-state index contributed by atoms with van der Waals surface area (Å²) in [4.78, 5) is 0. The fourth-order valence-corrected chi connectivity index (χ4v) is 4.77. The predicted molar refractivity (Wildman–Crippen MR) is 81.4 cm³/mol. The van der Waals surface area contributed by atoms with Gasteiger partial charge in [-0.1, -0.05) is 6.92 Å². The highest BCUT2D eigenvalue weighted by Crippen LogP contribution is 2.37. The molecule has 0 saturated carbocycles. The van der Waals surface area contributed by atoms with E-state index in [0.29, 0.717) is 0 Å². The lowest BCUT2D eigenvalue weighted by Gasteiger charge is -2.17. The van der Waals surface area contributed by atoms with Gasteiger partial charge in [-0.15, -0.1) is 11.3 Å². The molecule has 1 unspecified atom stereocenters. The number of thiophene rings is 1. The first-order chi connectivity index (χ1) is 8.67. The molecule has 0 aliphatic carbocycles. The first kappa shape index (κ1) is 14.2. The Morgan fingerprint density at radius 2 is 2.33 bits per heavy atom. The molecule has 4 nitrogen and oxygen atoms in total. The molecule has 0 radical (unpaired) electrons. The van der Waals surface area contributed by atoms with Crippen LogP contribution in [0.25, 0.3) is 0 Å². The van der Waals surface area contributed by atoms with Gasteiger partial charge < -0.3 is 0 Å². The van der Waals surface area contributed by atoms with Crippen LogP contribution in [0.3, 0.4) is 0 Å². The number of hydrogen-bond donors (Lipinski definition) is 2. The van der Waals surface area contributed by atoms with Gasteiger partial charge in [0.05, 0.1) is 19.3 Å². The van der Waals surface area contributed by atoms with Crippen LogP contribution >= 0.6 is 43.2 Å². The highest BCUT2D eigenvalue weighted by molar-refractivity contribution is 9.12. The van der Waals surface area contributed by atoms with E-state index in [0.717, 1.165) is 31.8 Å². The second-order valence-corrected chi connectivity index (χ2v) is 7.61. The number of hydrazine groups is 1. The monoisotopic (exact) mass is 392 g/mol. The minimum Gasteiger partial charge on any atom is -0.271 e. The number of halogens is 2. The standard InChI is InChI=1S/C11H14Br2N4S/c1-2-5-17-8(3-4-15-17)10(16-14)7-6-9(12)18-11(7)13/h3-4,6,10,16H,2,5,14H2,1H3. The number of aromatic nitrogens is 2. The summed E-state index contributed by atoms with van der Waals surface area (Å²) in [5, 5.41) is 4.33. The molecule has 98 valence electrons. The molecule has 2 aromatic rings. The smallest absolute Gasteiger partial charge is 0.0897 e. The molecule has 0 fully saturated rings. The molecule has 2 heterocycles. The minimum atomic E-state index is -0.0593. The molecule has 0 saturated heterocycles. The van der Waals surface area contributed by atoms with Crippen molar-refractivity contribution in [3.63, 3.8) is 0 Å². The van der Waals surface area contributed by atoms with E-state index in [-0.39, 0.29) is 6.04 Å². The molecule has 0 amide bonds. The summed E-state index contributed by atoms with van der Waals surface area (Å²) in [6.45, 7) is 3.02. The zero-order chi connectivity index (χ0) is 13.1. The summed E-state index contributed by atoms with van der Waals surface area (Å²) >= 11 is 8.70. The number of aryl methyl sites for hydroxylation is 1. The van der Waals surface area contributed by atoms with Gasteiger partial charge in [0.25, 0.3) is 0 Å². The molecular formula is C11H14Br2N4S. The average molecular weight is 394 g/mol. The summed E-state index contributed by atoms with van der Waals surface area (Å²) in [6, 6.07) is 4.01. The van der Waals surface area contributed by atoms with Crippen molar-refractivity contribution in [3.8, 4) is 0 Å². The lowest BCUT2D eigenvalue weighted by Crippen LogP contribution is -2.30. The first-order valence-electron chi connectivity index (χ1n) is 5.60. The topological polar surface area (TPSA) is 55.9 Å². The van der Waals surface area contributed by atoms with Gasteiger partial charge >= 0.3 is 0 Å². The van der Waals surface area contributed by atoms with E-state index in [9.17, 15) is 0 Å². The highest BCUT2D eigenvalue weighted by atomic mass is 79.9. The highest BCUT2D eigenvalue weighted by Gasteiger charge is 2.21. The van der Waals surface area contributed by atoms with Gasteiger partial charge in [-0.25, -0.2) is 5.43 Å². The lowest BCUT2D eigenvalue weighted by molar-refractivity contribution is 0.521. The SMILES string of the molecule is CCCn1nccc1C(NN)c1cc(Br)sc1Br. The fraction of sp³-hybridized carbons (Fsp3) is 0.364. The van der Waals surface area contributed by atoms with E-state index in [1.54, 1.807) is 11.3 Å². The van der Waals surface area contributed by atoms with Crippen LogP contribution in [0, 0.1) is 0 Å². The predicted octanol–water partition coefficient (Wildman–Crippen LogP) is 3.43. The normalized spacial score (nSPS) is 12.9. The lowest BCUT2D eigenvalue weighted by atomic mass is 10.1. The Kier molecular flexibility index (Phi) is 4.97. The second-order valence-electron chi connectivity index (χ2n) is 3.86. The van der Waals surface area contributed by atoms with Crippen LogP contribution < -0.4 is 11.3 Å². The molecular weight excluding hydrogens is 380 g/mol. The summed E-state index contributed by atoms with van der Waals surface area (Å²) < 4.78 is 4.13. The van der Waals surface area contributed by atoms with Crippen molar-refractivity contribution in [1.82, 2.24) is 15.2 Å². The number of hydrogen-bond acceptors (Lipinski definition) is 4. The van der Waals surface area contributed by atoms with Crippen molar-refractivity contribution >= 4 is 43.2 Å². The Morgan fingerprint density at radius 1 is 1.56 bits per heavy atom. The van der Waals surface area contributed by atoms with Gasteiger partial charge in [0.15, 0.2) is 0 Å². The van der Waals surface area contributed by atoms with E-state index in [1.165, 1.54) is 0 Å². The Morgan fingerprint density at radius 3 is 2.89 bits per heavy atom. The van der Waals surface area contributed by atoms with Crippen molar-refractivity contribution in [2.45, 2.75) is 25.9 Å². The number of nitrogens with one attached hydrogen (secondary N) is 1.